The predicted molar refractivity (Wildman–Crippen MR) is 126 cm³/mol. The topological polar surface area (TPSA) is 61.8 Å². The Kier molecular flexibility index (Phi) is 7.64. The molecule has 4 rings (SSSR count). The number of halogens is 1. The van der Waals surface area contributed by atoms with Gasteiger partial charge in [-0.2, -0.15) is 0 Å². The average Bonchev–Trinajstić information content (AvgIpc) is 2.85. The fourth-order valence-electron chi connectivity index (χ4n) is 4.13. The number of rotatable bonds is 7. The van der Waals surface area contributed by atoms with Gasteiger partial charge < -0.3 is 15.4 Å². The quantitative estimate of drug-likeness (QED) is 0.441. The Bertz CT molecular complexity index is 1030. The van der Waals surface area contributed by atoms with Gasteiger partial charge in [-0.1, -0.05) is 36.4 Å². The van der Waals surface area contributed by atoms with E-state index < -0.39 is 0 Å². The van der Waals surface area contributed by atoms with Gasteiger partial charge in [-0.25, -0.2) is 4.39 Å². The van der Waals surface area contributed by atoms with E-state index in [1.165, 1.54) is 17.7 Å². The zero-order valence-electron chi connectivity index (χ0n) is 18.4. The highest BCUT2D eigenvalue weighted by molar-refractivity contribution is 5.82. The van der Waals surface area contributed by atoms with Crippen molar-refractivity contribution in [2.75, 3.05) is 46.4 Å². The molecular weight excluding hydrogens is 405 g/mol. The van der Waals surface area contributed by atoms with Crippen molar-refractivity contribution < 1.29 is 9.13 Å². The van der Waals surface area contributed by atoms with Crippen LogP contribution in [0.15, 0.2) is 65.8 Å². The van der Waals surface area contributed by atoms with Gasteiger partial charge in [-0.15, -0.1) is 0 Å². The molecule has 168 valence electrons. The molecule has 2 aromatic carbocycles. The number of morpholine rings is 1. The van der Waals surface area contributed by atoms with Crippen LogP contribution in [0.4, 0.5) is 4.39 Å². The van der Waals surface area contributed by atoms with Crippen molar-refractivity contribution in [1.29, 1.82) is 0 Å². The summed E-state index contributed by atoms with van der Waals surface area (Å²) in [6.45, 7) is 4.54. The fourth-order valence-corrected chi connectivity index (χ4v) is 4.13. The lowest BCUT2D eigenvalue weighted by Gasteiger charge is -2.35. The molecule has 0 amide bonds. The van der Waals surface area contributed by atoms with Crippen molar-refractivity contribution in [3.8, 4) is 0 Å². The van der Waals surface area contributed by atoms with Crippen LogP contribution in [0.3, 0.4) is 0 Å². The number of nitrogens with zero attached hydrogens (tertiary/aromatic N) is 3. The summed E-state index contributed by atoms with van der Waals surface area (Å²) in [7, 11) is 1.77. The average molecular weight is 436 g/mol. The minimum atomic E-state index is -0.220. The van der Waals surface area contributed by atoms with Gasteiger partial charge in [-0.05, 0) is 35.7 Å². The Labute approximate surface area is 188 Å². The summed E-state index contributed by atoms with van der Waals surface area (Å²) >= 11 is 0. The molecule has 1 aliphatic heterocycles. The minimum Gasteiger partial charge on any atom is -0.379 e. The van der Waals surface area contributed by atoms with Gasteiger partial charge in [0.25, 0.3) is 0 Å². The number of benzene rings is 2. The molecule has 0 radical (unpaired) electrons. The maximum absolute atomic E-state index is 13.5. The molecule has 1 atom stereocenters. The van der Waals surface area contributed by atoms with E-state index in [1.807, 2.05) is 24.4 Å². The van der Waals surface area contributed by atoms with Crippen LogP contribution in [0.5, 0.6) is 0 Å². The van der Waals surface area contributed by atoms with Crippen LogP contribution in [-0.4, -0.2) is 62.3 Å². The van der Waals surface area contributed by atoms with E-state index in [9.17, 15) is 4.39 Å². The maximum Gasteiger partial charge on any atom is 0.191 e. The molecule has 0 spiro atoms. The first kappa shape index (κ1) is 22.2. The summed E-state index contributed by atoms with van der Waals surface area (Å²) in [5.74, 6) is 0.529. The third-order valence-electron chi connectivity index (χ3n) is 5.83. The largest absolute Gasteiger partial charge is 0.379 e. The molecule has 1 saturated heterocycles. The molecule has 0 aliphatic carbocycles. The number of ether oxygens (including phenoxy) is 1. The molecule has 2 N–H and O–H groups in total. The molecule has 7 heteroatoms. The van der Waals surface area contributed by atoms with Gasteiger partial charge in [0.2, 0.25) is 0 Å². The van der Waals surface area contributed by atoms with Crippen LogP contribution in [-0.2, 0) is 11.2 Å². The molecule has 0 bridgehead atoms. The zero-order chi connectivity index (χ0) is 22.2. The number of hydrogen-bond donors (Lipinski definition) is 2. The summed E-state index contributed by atoms with van der Waals surface area (Å²) in [5.41, 5.74) is 3.34. The first-order valence-electron chi connectivity index (χ1n) is 11.1. The van der Waals surface area contributed by atoms with E-state index >= 15 is 0 Å². The third kappa shape index (κ3) is 5.60. The van der Waals surface area contributed by atoms with Crippen molar-refractivity contribution >= 4 is 16.9 Å². The van der Waals surface area contributed by atoms with Gasteiger partial charge in [-0.3, -0.25) is 14.9 Å². The van der Waals surface area contributed by atoms with Crippen LogP contribution >= 0.6 is 0 Å². The summed E-state index contributed by atoms with van der Waals surface area (Å²) in [6.07, 6.45) is 2.68. The highest BCUT2D eigenvalue weighted by Crippen LogP contribution is 2.22. The molecule has 2 heterocycles. The standard InChI is InChI=1S/C25H30FN5O/c1-27-25(29-13-11-21-5-2-4-20-6-3-12-28-24(20)21)30-18-23(31-14-16-32-17-15-31)19-7-9-22(26)10-8-19/h2-10,12,23H,11,13-18H2,1H3,(H2,27,29,30). The van der Waals surface area contributed by atoms with E-state index in [4.69, 9.17) is 4.74 Å². The Balaban J connectivity index is 1.36. The number of guanidine groups is 1. The Morgan fingerprint density at radius 2 is 1.88 bits per heavy atom. The van der Waals surface area contributed by atoms with E-state index in [1.54, 1.807) is 7.05 Å². The van der Waals surface area contributed by atoms with Crippen LogP contribution in [0.2, 0.25) is 0 Å². The Morgan fingerprint density at radius 1 is 1.09 bits per heavy atom. The molecule has 1 fully saturated rings. The van der Waals surface area contributed by atoms with Crippen molar-refractivity contribution in [3.05, 3.63) is 77.7 Å². The van der Waals surface area contributed by atoms with E-state index in [0.717, 1.165) is 48.5 Å². The van der Waals surface area contributed by atoms with E-state index in [-0.39, 0.29) is 11.9 Å². The fraction of sp³-hybridized carbons (Fsp3) is 0.360. The molecule has 6 nitrogen and oxygen atoms in total. The third-order valence-corrected chi connectivity index (χ3v) is 5.83. The van der Waals surface area contributed by atoms with Crippen LogP contribution in [0.25, 0.3) is 10.9 Å². The second kappa shape index (κ2) is 11.0. The summed E-state index contributed by atoms with van der Waals surface area (Å²) in [4.78, 5) is 11.3. The van der Waals surface area contributed by atoms with Crippen molar-refractivity contribution in [2.24, 2.45) is 4.99 Å². The number of fused-ring (bicyclic) bond motifs is 1. The molecule has 32 heavy (non-hydrogen) atoms. The van der Waals surface area contributed by atoms with Crippen molar-refractivity contribution in [3.63, 3.8) is 0 Å². The van der Waals surface area contributed by atoms with Gasteiger partial charge in [0.05, 0.1) is 24.8 Å². The Morgan fingerprint density at radius 3 is 2.66 bits per heavy atom. The number of aliphatic imine (C=N–C) groups is 1. The van der Waals surface area contributed by atoms with Gasteiger partial charge >= 0.3 is 0 Å². The normalized spacial score (nSPS) is 16.1. The molecule has 1 aliphatic rings. The minimum absolute atomic E-state index is 0.111. The highest BCUT2D eigenvalue weighted by Gasteiger charge is 2.23. The smallest absolute Gasteiger partial charge is 0.191 e. The number of pyridine rings is 1. The molecule has 1 aromatic heterocycles. The Hall–Kier alpha value is -3.03. The lowest BCUT2D eigenvalue weighted by atomic mass is 10.0. The lowest BCUT2D eigenvalue weighted by molar-refractivity contribution is 0.0170. The first-order chi connectivity index (χ1) is 15.7. The van der Waals surface area contributed by atoms with Gasteiger partial charge in [0.15, 0.2) is 5.96 Å². The van der Waals surface area contributed by atoms with E-state index in [2.05, 4.69) is 49.8 Å². The predicted octanol–water partition coefficient (Wildman–Crippen LogP) is 3.15. The lowest BCUT2D eigenvalue weighted by Crippen LogP contribution is -2.46. The molecule has 3 aromatic rings. The molecule has 0 saturated carbocycles. The van der Waals surface area contributed by atoms with Crippen molar-refractivity contribution in [1.82, 2.24) is 20.5 Å². The number of para-hydroxylation sites is 1. The van der Waals surface area contributed by atoms with Gasteiger partial charge in [0.1, 0.15) is 5.82 Å². The van der Waals surface area contributed by atoms with Crippen LogP contribution in [0.1, 0.15) is 17.2 Å². The molecular formula is C25H30FN5O. The van der Waals surface area contributed by atoms with Gasteiger partial charge in [0, 0.05) is 44.8 Å². The van der Waals surface area contributed by atoms with Crippen molar-refractivity contribution in [2.45, 2.75) is 12.5 Å². The zero-order valence-corrected chi connectivity index (χ0v) is 18.4. The van der Waals surface area contributed by atoms with E-state index in [0.29, 0.717) is 19.8 Å². The summed E-state index contributed by atoms with van der Waals surface area (Å²) in [6, 6.07) is 17.2. The number of hydrogen-bond acceptors (Lipinski definition) is 4. The van der Waals surface area contributed by atoms with Crippen LogP contribution in [0, 0.1) is 5.82 Å². The molecule has 1 unspecified atom stereocenters. The monoisotopic (exact) mass is 435 g/mol. The first-order valence-corrected chi connectivity index (χ1v) is 11.1. The second-order valence-corrected chi connectivity index (χ2v) is 7.84. The SMILES string of the molecule is CN=C(NCCc1cccc2cccnc12)NCC(c1ccc(F)cc1)N1CCOCC1. The highest BCUT2D eigenvalue weighted by atomic mass is 19.1. The van der Waals surface area contributed by atoms with Crippen LogP contribution < -0.4 is 10.6 Å². The summed E-state index contributed by atoms with van der Waals surface area (Å²) < 4.78 is 19.0. The number of nitrogens with one attached hydrogen (secondary N) is 2. The summed E-state index contributed by atoms with van der Waals surface area (Å²) in [5, 5.41) is 8.01. The maximum atomic E-state index is 13.5. The number of aromatic nitrogens is 1. The second-order valence-electron chi connectivity index (χ2n) is 7.84.